The van der Waals surface area contributed by atoms with Crippen molar-refractivity contribution < 1.29 is 8.42 Å². The van der Waals surface area contributed by atoms with Crippen molar-refractivity contribution in [2.75, 3.05) is 0 Å². The number of hydrogen-bond donors (Lipinski definition) is 2. The lowest BCUT2D eigenvalue weighted by molar-refractivity contribution is 0.580. The lowest BCUT2D eigenvalue weighted by Crippen LogP contribution is -2.24. The van der Waals surface area contributed by atoms with Gasteiger partial charge in [0, 0.05) is 15.5 Å². The first kappa shape index (κ1) is 14.4. The molecule has 0 saturated carbocycles. The third-order valence-corrected chi connectivity index (χ3v) is 5.50. The minimum atomic E-state index is -3.61. The standard InChI is InChI=1S/C11H11BrN2O3S2/c1-7-2-3-10(9(12)4-7)19(16,17)13-5-8-6-18-11(15)14-8/h2-4,6,13H,5H2,1H3,(H,14,15). The van der Waals surface area contributed by atoms with Gasteiger partial charge >= 0.3 is 4.87 Å². The summed E-state index contributed by atoms with van der Waals surface area (Å²) in [7, 11) is -3.61. The Labute approximate surface area is 122 Å². The number of benzene rings is 1. The summed E-state index contributed by atoms with van der Waals surface area (Å²) >= 11 is 4.24. The van der Waals surface area contributed by atoms with E-state index in [4.69, 9.17) is 0 Å². The molecule has 0 fully saturated rings. The Morgan fingerprint density at radius 3 is 2.74 bits per heavy atom. The Bertz CT molecular complexity index is 749. The molecule has 102 valence electrons. The Balaban J connectivity index is 2.20. The Morgan fingerprint density at radius 1 is 1.42 bits per heavy atom. The highest BCUT2D eigenvalue weighted by Crippen LogP contribution is 2.22. The molecule has 0 saturated heterocycles. The van der Waals surface area contributed by atoms with Crippen molar-refractivity contribution in [3.8, 4) is 0 Å². The maximum Gasteiger partial charge on any atom is 0.304 e. The van der Waals surface area contributed by atoms with E-state index in [2.05, 4.69) is 25.6 Å². The number of nitrogens with one attached hydrogen (secondary N) is 2. The van der Waals surface area contributed by atoms with Crippen molar-refractivity contribution in [3.63, 3.8) is 0 Å². The van der Waals surface area contributed by atoms with Crippen LogP contribution in [0.1, 0.15) is 11.3 Å². The van der Waals surface area contributed by atoms with Crippen LogP contribution < -0.4 is 9.60 Å². The molecule has 5 nitrogen and oxygen atoms in total. The maximum atomic E-state index is 12.1. The summed E-state index contributed by atoms with van der Waals surface area (Å²) in [5.74, 6) is 0. The fraction of sp³-hybridized carbons (Fsp3) is 0.182. The molecule has 2 rings (SSSR count). The summed E-state index contributed by atoms with van der Waals surface area (Å²) in [6, 6.07) is 5.00. The molecule has 19 heavy (non-hydrogen) atoms. The fourth-order valence-electron chi connectivity index (χ4n) is 1.47. The van der Waals surface area contributed by atoms with Gasteiger partial charge < -0.3 is 4.98 Å². The third kappa shape index (κ3) is 3.53. The first-order valence-electron chi connectivity index (χ1n) is 5.31. The summed E-state index contributed by atoms with van der Waals surface area (Å²) in [4.78, 5) is 13.5. The Hall–Kier alpha value is -0.960. The van der Waals surface area contributed by atoms with Crippen LogP contribution in [0.25, 0.3) is 0 Å². The van der Waals surface area contributed by atoms with Gasteiger partial charge in [-0.15, -0.1) is 0 Å². The number of aryl methyl sites for hydroxylation is 1. The molecule has 1 heterocycles. The van der Waals surface area contributed by atoms with E-state index in [0.717, 1.165) is 16.9 Å². The van der Waals surface area contributed by atoms with Crippen molar-refractivity contribution >= 4 is 37.3 Å². The largest absolute Gasteiger partial charge is 0.315 e. The number of hydrogen-bond acceptors (Lipinski definition) is 4. The highest BCUT2D eigenvalue weighted by atomic mass is 79.9. The molecule has 0 amide bonds. The normalized spacial score (nSPS) is 11.7. The SMILES string of the molecule is Cc1ccc(S(=O)(=O)NCc2csc(=O)[nH]2)c(Br)c1. The molecule has 0 radical (unpaired) electrons. The smallest absolute Gasteiger partial charge is 0.304 e. The predicted octanol–water partition coefficient (Wildman–Crippen LogP) is 1.99. The highest BCUT2D eigenvalue weighted by molar-refractivity contribution is 9.10. The fourth-order valence-corrected chi connectivity index (χ4v) is 4.25. The number of thiazole rings is 1. The number of H-pyrrole nitrogens is 1. The van der Waals surface area contributed by atoms with Crippen molar-refractivity contribution in [2.24, 2.45) is 0 Å². The second-order valence-corrected chi connectivity index (χ2v) is 7.36. The van der Waals surface area contributed by atoms with E-state index < -0.39 is 10.0 Å². The zero-order valence-corrected chi connectivity index (χ0v) is 13.2. The Kier molecular flexibility index (Phi) is 4.24. The van der Waals surface area contributed by atoms with Gasteiger partial charge in [0.25, 0.3) is 0 Å². The molecule has 0 atom stereocenters. The van der Waals surface area contributed by atoms with E-state index >= 15 is 0 Å². The van der Waals surface area contributed by atoms with Crippen LogP contribution in [0.4, 0.5) is 0 Å². The van der Waals surface area contributed by atoms with Crippen LogP contribution in [0.3, 0.4) is 0 Å². The summed E-state index contributed by atoms with van der Waals surface area (Å²) < 4.78 is 27.2. The van der Waals surface area contributed by atoms with E-state index in [-0.39, 0.29) is 16.3 Å². The minimum Gasteiger partial charge on any atom is -0.315 e. The minimum absolute atomic E-state index is 0.0569. The first-order chi connectivity index (χ1) is 8.88. The second kappa shape index (κ2) is 5.58. The van der Waals surface area contributed by atoms with Crippen LogP contribution in [0, 0.1) is 6.92 Å². The summed E-state index contributed by atoms with van der Waals surface area (Å²) in [6.45, 7) is 1.94. The number of halogens is 1. The molecule has 0 aliphatic heterocycles. The van der Waals surface area contributed by atoms with Gasteiger partial charge in [0.2, 0.25) is 10.0 Å². The lowest BCUT2D eigenvalue weighted by Gasteiger charge is -2.08. The third-order valence-electron chi connectivity index (χ3n) is 2.40. The molecule has 0 bridgehead atoms. The molecule has 0 unspecified atom stereocenters. The van der Waals surface area contributed by atoms with Gasteiger partial charge in [0.05, 0.1) is 11.4 Å². The van der Waals surface area contributed by atoms with Crippen LogP contribution in [0.15, 0.2) is 37.7 Å². The topological polar surface area (TPSA) is 79.0 Å². The number of aromatic amines is 1. The molecule has 8 heteroatoms. The van der Waals surface area contributed by atoms with E-state index in [9.17, 15) is 13.2 Å². The highest BCUT2D eigenvalue weighted by Gasteiger charge is 2.17. The summed E-state index contributed by atoms with van der Waals surface area (Å²) in [5, 5.41) is 1.59. The number of rotatable bonds is 4. The van der Waals surface area contributed by atoms with E-state index in [1.165, 1.54) is 6.07 Å². The van der Waals surface area contributed by atoms with Crippen LogP contribution in [0.2, 0.25) is 0 Å². The van der Waals surface area contributed by atoms with Crippen molar-refractivity contribution in [2.45, 2.75) is 18.4 Å². The quantitative estimate of drug-likeness (QED) is 0.872. The van der Waals surface area contributed by atoms with Crippen molar-refractivity contribution in [3.05, 3.63) is 49.0 Å². The average molecular weight is 363 g/mol. The molecule has 2 aromatic rings. The molecular formula is C11H11BrN2O3S2. The zero-order chi connectivity index (χ0) is 14.0. The summed E-state index contributed by atoms with van der Waals surface area (Å²) in [5.41, 5.74) is 1.51. The molecule has 1 aromatic heterocycles. The van der Waals surface area contributed by atoms with Gasteiger partial charge in [0.1, 0.15) is 0 Å². The van der Waals surface area contributed by atoms with Crippen molar-refractivity contribution in [1.29, 1.82) is 0 Å². The van der Waals surface area contributed by atoms with Gasteiger partial charge in [0.15, 0.2) is 0 Å². The molecule has 0 aliphatic rings. The van der Waals surface area contributed by atoms with Crippen LogP contribution in [0.5, 0.6) is 0 Å². The molecule has 2 N–H and O–H groups in total. The van der Waals surface area contributed by atoms with Crippen LogP contribution >= 0.6 is 27.3 Å². The monoisotopic (exact) mass is 362 g/mol. The van der Waals surface area contributed by atoms with Crippen LogP contribution in [-0.4, -0.2) is 13.4 Å². The Morgan fingerprint density at radius 2 is 2.16 bits per heavy atom. The lowest BCUT2D eigenvalue weighted by atomic mass is 10.2. The van der Waals surface area contributed by atoms with Gasteiger partial charge in [-0.2, -0.15) is 0 Å². The average Bonchev–Trinajstić information content (AvgIpc) is 2.72. The number of aromatic nitrogens is 1. The van der Waals surface area contributed by atoms with Gasteiger partial charge in [-0.3, -0.25) is 4.79 Å². The first-order valence-corrected chi connectivity index (χ1v) is 8.46. The molecular weight excluding hydrogens is 352 g/mol. The molecule has 0 spiro atoms. The van der Waals surface area contributed by atoms with E-state index in [1.54, 1.807) is 17.5 Å². The van der Waals surface area contributed by atoms with Crippen molar-refractivity contribution in [1.82, 2.24) is 9.71 Å². The van der Waals surface area contributed by atoms with E-state index in [1.807, 2.05) is 6.92 Å². The second-order valence-electron chi connectivity index (χ2n) is 3.93. The van der Waals surface area contributed by atoms with Gasteiger partial charge in [-0.25, -0.2) is 13.1 Å². The van der Waals surface area contributed by atoms with E-state index in [0.29, 0.717) is 10.2 Å². The molecule has 0 aliphatic carbocycles. The number of sulfonamides is 1. The molecule has 1 aromatic carbocycles. The van der Waals surface area contributed by atoms with Gasteiger partial charge in [-0.05, 0) is 40.5 Å². The predicted molar refractivity (Wildman–Crippen MR) is 77.8 cm³/mol. The van der Waals surface area contributed by atoms with Gasteiger partial charge in [-0.1, -0.05) is 17.4 Å². The zero-order valence-electron chi connectivity index (χ0n) is 9.94. The summed E-state index contributed by atoms with van der Waals surface area (Å²) in [6.07, 6.45) is 0. The maximum absolute atomic E-state index is 12.1. The van der Waals surface area contributed by atoms with Crippen LogP contribution in [-0.2, 0) is 16.6 Å².